The molecule has 1 atom stereocenters. The molecule has 0 spiro atoms. The molecule has 2 N–H and O–H groups in total. The molecular formula is C22H27ClN2O5S. The van der Waals surface area contributed by atoms with Crippen LogP contribution in [0.4, 0.5) is 5.69 Å². The lowest BCUT2D eigenvalue weighted by Gasteiger charge is -2.18. The van der Waals surface area contributed by atoms with Crippen molar-refractivity contribution in [1.29, 1.82) is 0 Å². The van der Waals surface area contributed by atoms with Crippen LogP contribution in [0.25, 0.3) is 0 Å². The lowest BCUT2D eigenvalue weighted by atomic mass is 10.1. The van der Waals surface area contributed by atoms with Crippen LogP contribution < -0.4 is 10.0 Å². The molecule has 0 saturated heterocycles. The fraction of sp³-hybridized carbons (Fsp3) is 0.364. The van der Waals surface area contributed by atoms with Gasteiger partial charge in [0.15, 0.2) is 0 Å². The minimum absolute atomic E-state index is 0.0427. The first-order chi connectivity index (χ1) is 14.7. The van der Waals surface area contributed by atoms with Gasteiger partial charge in [0.2, 0.25) is 15.9 Å². The Morgan fingerprint density at radius 2 is 1.71 bits per heavy atom. The number of halogens is 1. The number of rotatable bonds is 11. The van der Waals surface area contributed by atoms with Crippen molar-refractivity contribution in [3.63, 3.8) is 0 Å². The summed E-state index contributed by atoms with van der Waals surface area (Å²) < 4.78 is 32.5. The molecule has 2 aromatic rings. The van der Waals surface area contributed by atoms with Gasteiger partial charge in [0, 0.05) is 17.1 Å². The zero-order valence-corrected chi connectivity index (χ0v) is 19.1. The summed E-state index contributed by atoms with van der Waals surface area (Å²) in [6, 6.07) is 11.9. The molecule has 0 radical (unpaired) electrons. The van der Waals surface area contributed by atoms with Crippen LogP contribution in [0.15, 0.2) is 53.4 Å². The van der Waals surface area contributed by atoms with Crippen molar-refractivity contribution in [2.45, 2.75) is 50.0 Å². The lowest BCUT2D eigenvalue weighted by molar-refractivity contribution is -0.140. The summed E-state index contributed by atoms with van der Waals surface area (Å²) in [7, 11) is -2.54. The van der Waals surface area contributed by atoms with Gasteiger partial charge in [0.1, 0.15) is 6.04 Å². The summed E-state index contributed by atoms with van der Waals surface area (Å²) in [6.45, 7) is 1.97. The first-order valence-corrected chi connectivity index (χ1v) is 11.9. The Hall–Kier alpha value is -2.42. The fourth-order valence-electron chi connectivity index (χ4n) is 2.85. The van der Waals surface area contributed by atoms with Crippen molar-refractivity contribution in [2.24, 2.45) is 0 Å². The topological polar surface area (TPSA) is 102 Å². The van der Waals surface area contributed by atoms with Crippen molar-refractivity contribution < 1.29 is 22.7 Å². The van der Waals surface area contributed by atoms with Gasteiger partial charge in [-0.3, -0.25) is 9.59 Å². The molecule has 0 saturated carbocycles. The van der Waals surface area contributed by atoms with E-state index < -0.39 is 22.0 Å². The molecule has 0 aliphatic rings. The number of benzene rings is 2. The van der Waals surface area contributed by atoms with Crippen LogP contribution >= 0.6 is 11.6 Å². The van der Waals surface area contributed by atoms with Gasteiger partial charge in [-0.2, -0.15) is 4.72 Å². The van der Waals surface area contributed by atoms with E-state index in [-0.39, 0.29) is 17.3 Å². The number of carbonyl (C=O) groups excluding carboxylic acids is 2. The molecule has 31 heavy (non-hydrogen) atoms. The smallest absolute Gasteiger partial charge is 0.305 e. The maximum Gasteiger partial charge on any atom is 0.305 e. The van der Waals surface area contributed by atoms with E-state index in [2.05, 4.69) is 14.8 Å². The SMILES string of the molecule is CCCC[C@H](NS(=O)(=O)c1ccc(Cl)cc1)C(=O)Nc1ccc(CCC(=O)OC)cc1. The molecule has 0 unspecified atom stereocenters. The van der Waals surface area contributed by atoms with Crippen molar-refractivity contribution in [2.75, 3.05) is 12.4 Å². The molecule has 0 bridgehead atoms. The molecular weight excluding hydrogens is 440 g/mol. The highest BCUT2D eigenvalue weighted by molar-refractivity contribution is 7.89. The molecule has 7 nitrogen and oxygen atoms in total. The molecule has 0 aliphatic carbocycles. The lowest BCUT2D eigenvalue weighted by Crippen LogP contribution is -2.43. The van der Waals surface area contributed by atoms with Gasteiger partial charge >= 0.3 is 5.97 Å². The van der Waals surface area contributed by atoms with Crippen LogP contribution in [0.5, 0.6) is 0 Å². The second-order valence-corrected chi connectivity index (χ2v) is 9.18. The van der Waals surface area contributed by atoms with E-state index in [0.29, 0.717) is 30.0 Å². The van der Waals surface area contributed by atoms with Gasteiger partial charge in [-0.05, 0) is 54.8 Å². The monoisotopic (exact) mass is 466 g/mol. The number of carbonyl (C=O) groups is 2. The number of unbranched alkanes of at least 4 members (excludes halogenated alkanes) is 1. The molecule has 168 valence electrons. The van der Waals surface area contributed by atoms with Crippen molar-refractivity contribution in [3.05, 3.63) is 59.1 Å². The zero-order chi connectivity index (χ0) is 22.9. The van der Waals surface area contributed by atoms with Crippen molar-refractivity contribution in [3.8, 4) is 0 Å². The minimum Gasteiger partial charge on any atom is -0.469 e. The number of amides is 1. The molecule has 0 aliphatic heterocycles. The van der Waals surface area contributed by atoms with Crippen LogP contribution in [-0.4, -0.2) is 33.4 Å². The third-order valence-electron chi connectivity index (χ3n) is 4.65. The minimum atomic E-state index is -3.88. The summed E-state index contributed by atoms with van der Waals surface area (Å²) in [5.74, 6) is -0.725. The number of hydrogen-bond acceptors (Lipinski definition) is 5. The highest BCUT2D eigenvalue weighted by Gasteiger charge is 2.25. The molecule has 2 rings (SSSR count). The molecule has 0 heterocycles. The third-order valence-corrected chi connectivity index (χ3v) is 6.39. The summed E-state index contributed by atoms with van der Waals surface area (Å²) in [5.41, 5.74) is 1.47. The Bertz CT molecular complexity index is 976. The molecule has 1 amide bonds. The highest BCUT2D eigenvalue weighted by atomic mass is 35.5. The predicted octanol–water partition coefficient (Wildman–Crippen LogP) is 3.92. The van der Waals surface area contributed by atoms with Gasteiger partial charge in [-0.1, -0.05) is 43.5 Å². The van der Waals surface area contributed by atoms with Crippen LogP contribution in [0, 0.1) is 0 Å². The van der Waals surface area contributed by atoms with Crippen LogP contribution in [-0.2, 0) is 30.8 Å². The van der Waals surface area contributed by atoms with E-state index in [4.69, 9.17) is 11.6 Å². The van der Waals surface area contributed by atoms with Crippen LogP contribution in [0.1, 0.15) is 38.2 Å². The summed E-state index contributed by atoms with van der Waals surface area (Å²) in [4.78, 5) is 24.1. The Labute approximate surface area is 188 Å². The largest absolute Gasteiger partial charge is 0.469 e. The average molecular weight is 467 g/mol. The number of ether oxygens (including phenoxy) is 1. The third kappa shape index (κ3) is 7.97. The van der Waals surface area contributed by atoms with E-state index in [0.717, 1.165) is 12.0 Å². The fourth-order valence-corrected chi connectivity index (χ4v) is 4.21. The Kier molecular flexibility index (Phi) is 9.48. The second-order valence-electron chi connectivity index (χ2n) is 7.03. The average Bonchev–Trinajstić information content (AvgIpc) is 2.76. The first kappa shape index (κ1) is 24.8. The van der Waals surface area contributed by atoms with Gasteiger partial charge < -0.3 is 10.1 Å². The van der Waals surface area contributed by atoms with Crippen LogP contribution in [0.2, 0.25) is 5.02 Å². The maximum absolute atomic E-state index is 12.8. The van der Waals surface area contributed by atoms with Gasteiger partial charge in [0.25, 0.3) is 0 Å². The molecule has 9 heteroatoms. The first-order valence-electron chi connectivity index (χ1n) is 9.99. The highest BCUT2D eigenvalue weighted by Crippen LogP contribution is 2.17. The normalized spacial score (nSPS) is 12.2. The molecule has 2 aromatic carbocycles. The summed E-state index contributed by atoms with van der Waals surface area (Å²) in [5, 5.41) is 3.18. The summed E-state index contributed by atoms with van der Waals surface area (Å²) >= 11 is 5.83. The number of hydrogen-bond donors (Lipinski definition) is 2. The van der Waals surface area contributed by atoms with E-state index >= 15 is 0 Å². The van der Waals surface area contributed by atoms with Gasteiger partial charge in [-0.25, -0.2) is 8.42 Å². The number of aryl methyl sites for hydroxylation is 1. The predicted molar refractivity (Wildman–Crippen MR) is 120 cm³/mol. The van der Waals surface area contributed by atoms with Crippen molar-refractivity contribution in [1.82, 2.24) is 4.72 Å². The van der Waals surface area contributed by atoms with E-state index in [9.17, 15) is 18.0 Å². The van der Waals surface area contributed by atoms with E-state index in [1.165, 1.54) is 31.4 Å². The Morgan fingerprint density at radius 3 is 2.29 bits per heavy atom. The maximum atomic E-state index is 12.8. The van der Waals surface area contributed by atoms with Gasteiger partial charge in [-0.15, -0.1) is 0 Å². The second kappa shape index (κ2) is 11.8. The summed E-state index contributed by atoms with van der Waals surface area (Å²) in [6.07, 6.45) is 2.68. The van der Waals surface area contributed by atoms with E-state index in [1.54, 1.807) is 24.3 Å². The molecule has 0 fully saturated rings. The number of methoxy groups -OCH3 is 1. The number of anilines is 1. The zero-order valence-electron chi connectivity index (χ0n) is 17.6. The quantitative estimate of drug-likeness (QED) is 0.489. The van der Waals surface area contributed by atoms with Crippen molar-refractivity contribution >= 4 is 39.2 Å². The van der Waals surface area contributed by atoms with E-state index in [1.807, 2.05) is 6.92 Å². The number of esters is 1. The standard InChI is InChI=1S/C22H27ClN2O5S/c1-3-4-5-20(25-31(28,29)19-13-9-17(23)10-14-19)22(27)24-18-11-6-16(7-12-18)8-15-21(26)30-2/h6-7,9-14,20,25H,3-5,8,15H2,1-2H3,(H,24,27)/t20-/m0/s1. The Balaban J connectivity index is 2.07. The van der Waals surface area contributed by atoms with Gasteiger partial charge in [0.05, 0.1) is 12.0 Å². The number of sulfonamides is 1. The molecule has 0 aromatic heterocycles. The number of nitrogens with one attached hydrogen (secondary N) is 2. The van der Waals surface area contributed by atoms with Crippen LogP contribution in [0.3, 0.4) is 0 Å². The Morgan fingerprint density at radius 1 is 1.06 bits per heavy atom.